The molecule has 1 aromatic heterocycles. The van der Waals surface area contributed by atoms with Gasteiger partial charge in [-0.3, -0.25) is 0 Å². The van der Waals surface area contributed by atoms with E-state index in [1.165, 1.54) is 0 Å². The molecule has 7 heteroatoms. The predicted octanol–water partition coefficient (Wildman–Crippen LogP) is 3.72. The Labute approximate surface area is 193 Å². The summed E-state index contributed by atoms with van der Waals surface area (Å²) in [6.07, 6.45) is 6.82. The molecule has 0 amide bonds. The molecule has 0 bridgehead atoms. The van der Waals surface area contributed by atoms with Crippen LogP contribution in [0.3, 0.4) is 0 Å². The first-order valence-electron chi connectivity index (χ1n) is 11.9. The third kappa shape index (κ3) is 2.28. The lowest BCUT2D eigenvalue weighted by molar-refractivity contribution is -0.252. The van der Waals surface area contributed by atoms with Crippen molar-refractivity contribution in [1.29, 1.82) is 0 Å². The van der Waals surface area contributed by atoms with Gasteiger partial charge in [0.1, 0.15) is 17.3 Å². The van der Waals surface area contributed by atoms with Gasteiger partial charge < -0.3 is 23.7 Å². The van der Waals surface area contributed by atoms with Gasteiger partial charge in [-0.25, -0.2) is 9.59 Å². The van der Waals surface area contributed by atoms with Gasteiger partial charge >= 0.3 is 11.9 Å². The first-order chi connectivity index (χ1) is 15.4. The Morgan fingerprint density at radius 3 is 2.52 bits per heavy atom. The van der Waals surface area contributed by atoms with Crippen LogP contribution < -0.4 is 0 Å². The minimum atomic E-state index is -0.858. The van der Waals surface area contributed by atoms with Crippen LogP contribution in [0.1, 0.15) is 65.5 Å². The minimum Gasteiger partial charge on any atom is -0.472 e. The van der Waals surface area contributed by atoms with Crippen LogP contribution in [0.5, 0.6) is 0 Å². The summed E-state index contributed by atoms with van der Waals surface area (Å²) in [5, 5.41) is 11.8. The number of ether oxygens (including phenoxy) is 3. The molecular weight excluding hydrogens is 424 g/mol. The fraction of sp³-hybridized carbons (Fsp3) is 0.692. The van der Waals surface area contributed by atoms with Gasteiger partial charge in [-0.05, 0) is 50.5 Å². The average Bonchev–Trinajstić information content (AvgIpc) is 3.33. The molecule has 0 radical (unpaired) electrons. The number of aliphatic hydroxyl groups excluding tert-OH is 1. The molecule has 5 aliphatic rings. The normalized spacial score (nSPS) is 51.8. The summed E-state index contributed by atoms with van der Waals surface area (Å²) in [6.45, 7) is 10.3. The topological polar surface area (TPSA) is 98.5 Å². The summed E-state index contributed by atoms with van der Waals surface area (Å²) in [7, 11) is 0. The van der Waals surface area contributed by atoms with Crippen LogP contribution in [0, 0.1) is 28.1 Å². The Morgan fingerprint density at radius 1 is 1.06 bits per heavy atom. The first-order valence-corrected chi connectivity index (χ1v) is 11.9. The highest BCUT2D eigenvalue weighted by Gasteiger charge is 2.87. The molecule has 178 valence electrons. The fourth-order valence-electron chi connectivity index (χ4n) is 8.79. The smallest absolute Gasteiger partial charge is 0.339 e. The molecule has 4 fully saturated rings. The van der Waals surface area contributed by atoms with E-state index in [-0.39, 0.29) is 23.8 Å². The summed E-state index contributed by atoms with van der Waals surface area (Å²) < 4.78 is 23.4. The maximum absolute atomic E-state index is 13.1. The van der Waals surface area contributed by atoms with E-state index in [4.69, 9.17) is 18.6 Å². The molecule has 2 saturated heterocycles. The zero-order valence-corrected chi connectivity index (χ0v) is 19.8. The molecule has 33 heavy (non-hydrogen) atoms. The third-order valence-electron chi connectivity index (χ3n) is 10.2. The number of allylic oxidation sites excluding steroid dienone is 1. The van der Waals surface area contributed by atoms with Crippen LogP contribution in [0.2, 0.25) is 0 Å². The molecule has 9 atom stereocenters. The lowest BCUT2D eigenvalue weighted by Gasteiger charge is -2.67. The van der Waals surface area contributed by atoms with Crippen molar-refractivity contribution in [2.24, 2.45) is 28.1 Å². The van der Waals surface area contributed by atoms with Crippen LogP contribution in [0.25, 0.3) is 0 Å². The van der Waals surface area contributed by atoms with Gasteiger partial charge in [-0.2, -0.15) is 0 Å². The number of carbonyl (C=O) groups is 2. The number of fused-ring (bicyclic) bond motifs is 3. The zero-order valence-electron chi connectivity index (χ0n) is 19.8. The maximum atomic E-state index is 13.1. The average molecular weight is 457 g/mol. The molecule has 4 heterocycles. The van der Waals surface area contributed by atoms with Crippen molar-refractivity contribution in [2.45, 2.75) is 83.4 Å². The largest absolute Gasteiger partial charge is 0.472 e. The highest BCUT2D eigenvalue weighted by molar-refractivity contribution is 5.83. The van der Waals surface area contributed by atoms with Gasteiger partial charge in [-0.15, -0.1) is 0 Å². The van der Waals surface area contributed by atoms with E-state index in [0.717, 1.165) is 18.4 Å². The van der Waals surface area contributed by atoms with Crippen molar-refractivity contribution >= 4 is 11.9 Å². The molecule has 2 saturated carbocycles. The van der Waals surface area contributed by atoms with E-state index >= 15 is 0 Å². The second kappa shape index (κ2) is 6.11. The molecule has 2 aliphatic carbocycles. The SMILES string of the molecule is CC1(C)OC(=O)C=C[C@]2(C)C3CC[C@@]4(C)[C@@H](c5ccoc5)OC(=O)[C@@H]5O[C@]54[C@]3(C)[C@@H](O)C[C@@H]12. The van der Waals surface area contributed by atoms with Crippen molar-refractivity contribution in [1.82, 2.24) is 0 Å². The van der Waals surface area contributed by atoms with Crippen LogP contribution in [0.4, 0.5) is 0 Å². The second-order valence-electron chi connectivity index (χ2n) is 11.9. The van der Waals surface area contributed by atoms with E-state index in [9.17, 15) is 14.7 Å². The van der Waals surface area contributed by atoms with Gasteiger partial charge in [0.05, 0.1) is 18.6 Å². The quantitative estimate of drug-likeness (QED) is 0.508. The number of rotatable bonds is 1. The van der Waals surface area contributed by atoms with E-state index in [1.807, 2.05) is 26.0 Å². The number of hydrogen-bond donors (Lipinski definition) is 1. The molecule has 0 aromatic carbocycles. The monoisotopic (exact) mass is 456 g/mol. The molecule has 1 spiro atoms. The number of carbonyl (C=O) groups excluding carboxylic acids is 2. The van der Waals surface area contributed by atoms with E-state index in [2.05, 4.69) is 20.8 Å². The highest BCUT2D eigenvalue weighted by Crippen LogP contribution is 2.79. The summed E-state index contributed by atoms with van der Waals surface area (Å²) in [5.74, 6) is -0.820. The van der Waals surface area contributed by atoms with Crippen LogP contribution in [0.15, 0.2) is 35.2 Å². The zero-order chi connectivity index (χ0) is 23.6. The number of hydrogen-bond acceptors (Lipinski definition) is 7. The Bertz CT molecular complexity index is 1060. The van der Waals surface area contributed by atoms with Gasteiger partial charge in [0.2, 0.25) is 0 Å². The number of cyclic esters (lactones) is 2. The number of aliphatic hydroxyl groups is 1. The Hall–Kier alpha value is -2.12. The first kappa shape index (κ1) is 21.4. The van der Waals surface area contributed by atoms with Crippen molar-refractivity contribution in [3.63, 3.8) is 0 Å². The maximum Gasteiger partial charge on any atom is 0.339 e. The van der Waals surface area contributed by atoms with Crippen molar-refractivity contribution < 1.29 is 33.3 Å². The Kier molecular flexibility index (Phi) is 3.96. The molecule has 1 unspecified atom stereocenters. The molecule has 7 nitrogen and oxygen atoms in total. The van der Waals surface area contributed by atoms with Crippen molar-refractivity contribution in [3.05, 3.63) is 36.3 Å². The number of epoxide rings is 1. The number of esters is 2. The van der Waals surface area contributed by atoms with Crippen molar-refractivity contribution in [2.75, 3.05) is 0 Å². The van der Waals surface area contributed by atoms with Gasteiger partial charge in [-0.1, -0.05) is 26.8 Å². The van der Waals surface area contributed by atoms with E-state index in [0.29, 0.717) is 6.42 Å². The molecule has 1 aromatic rings. The molecule has 1 N–H and O–H groups in total. The third-order valence-corrected chi connectivity index (χ3v) is 10.2. The standard InChI is InChI=1S/C26H32O7/c1-22(2)16-12-17(27)25(5)15(23(16,3)9-7-18(28)32-22)6-10-24(4)19(14-8-11-30-13-14)31-21(29)20-26(24,25)33-20/h7-9,11,13,15-17,19-20,27H,6,10,12H2,1-5H3/t15?,16-,17-,19+,20-,23+,24-,25-,26+/m0/s1. The van der Waals surface area contributed by atoms with Gasteiger partial charge in [0, 0.05) is 28.4 Å². The van der Waals surface area contributed by atoms with Crippen LogP contribution in [-0.2, 0) is 23.8 Å². The summed E-state index contributed by atoms with van der Waals surface area (Å²) in [4.78, 5) is 25.5. The van der Waals surface area contributed by atoms with Crippen molar-refractivity contribution in [3.8, 4) is 0 Å². The Balaban J connectivity index is 1.52. The minimum absolute atomic E-state index is 0.0160. The summed E-state index contributed by atoms with van der Waals surface area (Å²) >= 11 is 0. The second-order valence-corrected chi connectivity index (χ2v) is 11.9. The fourth-order valence-corrected chi connectivity index (χ4v) is 8.79. The Morgan fingerprint density at radius 2 is 1.82 bits per heavy atom. The summed E-state index contributed by atoms with van der Waals surface area (Å²) in [6, 6.07) is 1.84. The van der Waals surface area contributed by atoms with Gasteiger partial charge in [0.25, 0.3) is 0 Å². The predicted molar refractivity (Wildman–Crippen MR) is 116 cm³/mol. The van der Waals surface area contributed by atoms with Gasteiger partial charge in [0.15, 0.2) is 6.10 Å². The highest BCUT2D eigenvalue weighted by atomic mass is 16.7. The lowest BCUT2D eigenvalue weighted by Crippen LogP contribution is -2.72. The molecule has 3 aliphatic heterocycles. The molecular formula is C26H32O7. The summed E-state index contributed by atoms with van der Waals surface area (Å²) in [5.41, 5.74) is -2.44. The van der Waals surface area contributed by atoms with E-state index < -0.39 is 45.8 Å². The van der Waals surface area contributed by atoms with Crippen LogP contribution >= 0.6 is 0 Å². The molecule has 6 rings (SSSR count). The lowest BCUT2D eigenvalue weighted by atomic mass is 9.37. The van der Waals surface area contributed by atoms with Crippen LogP contribution in [-0.4, -0.2) is 40.5 Å². The number of furan rings is 1. The van der Waals surface area contributed by atoms with E-state index in [1.54, 1.807) is 18.6 Å².